The molecule has 0 amide bonds. The highest BCUT2D eigenvalue weighted by atomic mass is 79.9. The van der Waals surface area contributed by atoms with Crippen LogP contribution in [0.3, 0.4) is 0 Å². The molecule has 1 aliphatic rings. The van der Waals surface area contributed by atoms with E-state index in [1.807, 2.05) is 0 Å². The number of fused-ring (bicyclic) bond motifs is 1. The molecule has 3 heteroatoms. The standard InChI is InChI=1S/C17H22BrNO/c1-9(2)19-8-14-16(12-5-6-12)15-11(4)17(18)10(3)7-13(15)20-14/h7,9,12,19H,5-6,8H2,1-4H3. The van der Waals surface area contributed by atoms with Crippen LogP contribution in [0.2, 0.25) is 0 Å². The molecule has 1 N–H and O–H groups in total. The zero-order valence-corrected chi connectivity index (χ0v) is 14.2. The maximum absolute atomic E-state index is 6.18. The third-order valence-corrected chi connectivity index (χ3v) is 5.32. The van der Waals surface area contributed by atoms with Gasteiger partial charge >= 0.3 is 0 Å². The summed E-state index contributed by atoms with van der Waals surface area (Å²) in [6, 6.07) is 2.64. The lowest BCUT2D eigenvalue weighted by Gasteiger charge is -2.08. The Bertz CT molecular complexity index is 653. The second-order valence-corrected chi connectivity index (χ2v) is 7.05. The van der Waals surface area contributed by atoms with Gasteiger partial charge in [0.05, 0.1) is 6.54 Å². The van der Waals surface area contributed by atoms with Crippen molar-refractivity contribution in [3.8, 4) is 0 Å². The molecule has 1 saturated carbocycles. The number of furan rings is 1. The van der Waals surface area contributed by atoms with Crippen LogP contribution in [0.25, 0.3) is 11.0 Å². The van der Waals surface area contributed by atoms with Crippen molar-refractivity contribution in [2.45, 2.75) is 59.0 Å². The number of nitrogens with one attached hydrogen (secondary N) is 1. The molecule has 20 heavy (non-hydrogen) atoms. The Hall–Kier alpha value is -0.800. The molecule has 0 unspecified atom stereocenters. The van der Waals surface area contributed by atoms with Gasteiger partial charge in [-0.2, -0.15) is 0 Å². The Kier molecular flexibility index (Phi) is 3.67. The summed E-state index contributed by atoms with van der Waals surface area (Å²) in [5, 5.41) is 4.83. The molecular weight excluding hydrogens is 314 g/mol. The van der Waals surface area contributed by atoms with Gasteiger partial charge in [-0.05, 0) is 49.8 Å². The molecule has 3 rings (SSSR count). The number of hydrogen-bond donors (Lipinski definition) is 1. The first kappa shape index (κ1) is 14.2. The zero-order valence-electron chi connectivity index (χ0n) is 12.6. The molecule has 1 aromatic heterocycles. The maximum Gasteiger partial charge on any atom is 0.135 e. The summed E-state index contributed by atoms with van der Waals surface area (Å²) >= 11 is 3.72. The van der Waals surface area contributed by atoms with E-state index < -0.39 is 0 Å². The Morgan fingerprint density at radius 1 is 1.35 bits per heavy atom. The van der Waals surface area contributed by atoms with Crippen molar-refractivity contribution in [3.63, 3.8) is 0 Å². The number of hydrogen-bond acceptors (Lipinski definition) is 2. The fourth-order valence-electron chi connectivity index (χ4n) is 2.90. The van der Waals surface area contributed by atoms with Crippen LogP contribution in [0, 0.1) is 13.8 Å². The molecule has 2 aromatic rings. The average molecular weight is 336 g/mol. The van der Waals surface area contributed by atoms with Crippen LogP contribution < -0.4 is 5.32 Å². The summed E-state index contributed by atoms with van der Waals surface area (Å²) in [6.45, 7) is 9.49. The summed E-state index contributed by atoms with van der Waals surface area (Å²) in [5.41, 5.74) is 5.06. The summed E-state index contributed by atoms with van der Waals surface area (Å²) < 4.78 is 7.40. The van der Waals surface area contributed by atoms with Crippen LogP contribution in [0.1, 0.15) is 55.1 Å². The fraction of sp³-hybridized carbons (Fsp3) is 0.529. The molecule has 0 bridgehead atoms. The van der Waals surface area contributed by atoms with Gasteiger partial charge in [0.2, 0.25) is 0 Å². The van der Waals surface area contributed by atoms with Crippen LogP contribution in [0.15, 0.2) is 15.0 Å². The number of aryl methyl sites for hydroxylation is 2. The van der Waals surface area contributed by atoms with Gasteiger partial charge in [-0.3, -0.25) is 0 Å². The molecule has 0 radical (unpaired) electrons. The first-order valence-electron chi connectivity index (χ1n) is 7.43. The molecule has 0 aliphatic heterocycles. The Balaban J connectivity index is 2.15. The topological polar surface area (TPSA) is 25.2 Å². The SMILES string of the molecule is Cc1cc2oc(CNC(C)C)c(C3CC3)c2c(C)c1Br. The summed E-state index contributed by atoms with van der Waals surface area (Å²) in [6.07, 6.45) is 2.60. The van der Waals surface area contributed by atoms with E-state index in [1.54, 1.807) is 0 Å². The second kappa shape index (κ2) is 5.19. The van der Waals surface area contributed by atoms with Gasteiger partial charge in [0, 0.05) is 21.5 Å². The Labute approximate surface area is 129 Å². The van der Waals surface area contributed by atoms with Crippen molar-refractivity contribution in [1.82, 2.24) is 5.32 Å². The minimum Gasteiger partial charge on any atom is -0.459 e. The van der Waals surface area contributed by atoms with Gasteiger partial charge in [0.1, 0.15) is 11.3 Å². The lowest BCUT2D eigenvalue weighted by molar-refractivity contribution is 0.483. The zero-order chi connectivity index (χ0) is 14.4. The van der Waals surface area contributed by atoms with Crippen LogP contribution in [0.4, 0.5) is 0 Å². The lowest BCUT2D eigenvalue weighted by atomic mass is 10.00. The number of rotatable bonds is 4. The third-order valence-electron chi connectivity index (χ3n) is 4.10. The van der Waals surface area contributed by atoms with Crippen molar-refractivity contribution in [2.75, 3.05) is 0 Å². The molecule has 1 aromatic carbocycles. The van der Waals surface area contributed by atoms with Crippen molar-refractivity contribution in [2.24, 2.45) is 0 Å². The van der Waals surface area contributed by atoms with Gasteiger partial charge in [-0.15, -0.1) is 0 Å². The quantitative estimate of drug-likeness (QED) is 0.831. The lowest BCUT2D eigenvalue weighted by Crippen LogP contribution is -2.22. The smallest absolute Gasteiger partial charge is 0.135 e. The highest BCUT2D eigenvalue weighted by Gasteiger charge is 2.32. The van der Waals surface area contributed by atoms with Gasteiger partial charge in [0.15, 0.2) is 0 Å². The predicted octanol–water partition coefficient (Wildman–Crippen LogP) is 5.19. The maximum atomic E-state index is 6.18. The van der Waals surface area contributed by atoms with E-state index in [0.717, 1.165) is 17.9 Å². The molecule has 1 aliphatic carbocycles. The van der Waals surface area contributed by atoms with Crippen molar-refractivity contribution in [1.29, 1.82) is 0 Å². The molecule has 1 fully saturated rings. The van der Waals surface area contributed by atoms with Gasteiger partial charge in [0.25, 0.3) is 0 Å². The van der Waals surface area contributed by atoms with E-state index in [2.05, 4.69) is 55.0 Å². The second-order valence-electron chi connectivity index (χ2n) is 6.25. The molecule has 2 nitrogen and oxygen atoms in total. The molecule has 0 atom stereocenters. The molecule has 0 spiro atoms. The number of halogens is 1. The van der Waals surface area contributed by atoms with Gasteiger partial charge in [-0.1, -0.05) is 29.8 Å². The summed E-state index contributed by atoms with van der Waals surface area (Å²) in [7, 11) is 0. The van der Waals surface area contributed by atoms with Crippen LogP contribution in [-0.2, 0) is 6.54 Å². The van der Waals surface area contributed by atoms with E-state index in [1.165, 1.54) is 39.4 Å². The molecular formula is C17H22BrNO. The molecule has 0 saturated heterocycles. The minimum absolute atomic E-state index is 0.477. The first-order valence-corrected chi connectivity index (χ1v) is 8.22. The Morgan fingerprint density at radius 3 is 2.65 bits per heavy atom. The molecule has 1 heterocycles. The molecule has 108 valence electrons. The minimum atomic E-state index is 0.477. The van der Waals surface area contributed by atoms with Crippen molar-refractivity contribution < 1.29 is 4.42 Å². The normalized spacial score (nSPS) is 15.5. The van der Waals surface area contributed by atoms with E-state index in [9.17, 15) is 0 Å². The Morgan fingerprint density at radius 2 is 2.05 bits per heavy atom. The highest BCUT2D eigenvalue weighted by molar-refractivity contribution is 9.10. The highest BCUT2D eigenvalue weighted by Crippen LogP contribution is 2.48. The number of benzene rings is 1. The predicted molar refractivity (Wildman–Crippen MR) is 87.3 cm³/mol. The van der Waals surface area contributed by atoms with E-state index in [-0.39, 0.29) is 0 Å². The van der Waals surface area contributed by atoms with Crippen LogP contribution in [0.5, 0.6) is 0 Å². The van der Waals surface area contributed by atoms with Crippen LogP contribution in [-0.4, -0.2) is 6.04 Å². The van der Waals surface area contributed by atoms with Gasteiger partial charge in [-0.25, -0.2) is 0 Å². The fourth-order valence-corrected chi connectivity index (χ4v) is 3.21. The van der Waals surface area contributed by atoms with E-state index in [4.69, 9.17) is 4.42 Å². The van der Waals surface area contributed by atoms with E-state index >= 15 is 0 Å². The monoisotopic (exact) mass is 335 g/mol. The third kappa shape index (κ3) is 2.42. The van der Waals surface area contributed by atoms with Crippen LogP contribution >= 0.6 is 15.9 Å². The van der Waals surface area contributed by atoms with Gasteiger partial charge < -0.3 is 9.73 Å². The summed E-state index contributed by atoms with van der Waals surface area (Å²) in [5.74, 6) is 1.84. The largest absolute Gasteiger partial charge is 0.459 e. The first-order chi connectivity index (χ1) is 9.49. The van der Waals surface area contributed by atoms with Crippen molar-refractivity contribution in [3.05, 3.63) is 33.0 Å². The van der Waals surface area contributed by atoms with E-state index in [0.29, 0.717) is 12.0 Å². The average Bonchev–Trinajstić information content (AvgIpc) is 3.16. The summed E-state index contributed by atoms with van der Waals surface area (Å²) in [4.78, 5) is 0. The van der Waals surface area contributed by atoms with Crippen molar-refractivity contribution >= 4 is 26.9 Å².